The fourth-order valence-corrected chi connectivity index (χ4v) is 5.12. The number of aromatic nitrogens is 5. The maximum atomic E-state index is 12.9. The summed E-state index contributed by atoms with van der Waals surface area (Å²) in [5.41, 5.74) is 3.80. The molecule has 0 spiro atoms. The SMILES string of the molecule is Cc1nn2c([C@H]3CN(C(=O)CCC4CCCC4)CCO3)ccnc2c1Cn1ccnc1C. The molecule has 8 nitrogen and oxygen atoms in total. The molecule has 4 heterocycles. The number of morpholine rings is 1. The summed E-state index contributed by atoms with van der Waals surface area (Å²) in [5.74, 6) is 1.95. The van der Waals surface area contributed by atoms with Crippen molar-refractivity contribution in [1.29, 1.82) is 0 Å². The lowest BCUT2D eigenvalue weighted by Crippen LogP contribution is -2.42. The first-order chi connectivity index (χ1) is 15.6. The fourth-order valence-electron chi connectivity index (χ4n) is 5.12. The zero-order valence-corrected chi connectivity index (χ0v) is 19.0. The van der Waals surface area contributed by atoms with E-state index in [0.717, 1.165) is 40.8 Å². The highest BCUT2D eigenvalue weighted by atomic mass is 16.5. The molecule has 1 aliphatic carbocycles. The van der Waals surface area contributed by atoms with Gasteiger partial charge in [-0.15, -0.1) is 0 Å². The van der Waals surface area contributed by atoms with Crippen LogP contribution in [0.15, 0.2) is 24.7 Å². The molecule has 2 fully saturated rings. The highest BCUT2D eigenvalue weighted by Gasteiger charge is 2.28. The topological polar surface area (TPSA) is 77.5 Å². The number of imidazole rings is 1. The second kappa shape index (κ2) is 9.02. The van der Waals surface area contributed by atoms with Gasteiger partial charge in [-0.1, -0.05) is 25.7 Å². The van der Waals surface area contributed by atoms with Crippen LogP contribution in [0.25, 0.3) is 5.65 Å². The van der Waals surface area contributed by atoms with E-state index >= 15 is 0 Å². The number of rotatable bonds is 6. The Bertz CT molecular complexity index is 1100. The van der Waals surface area contributed by atoms with Crippen LogP contribution in [0.3, 0.4) is 0 Å². The van der Waals surface area contributed by atoms with E-state index in [1.54, 1.807) is 0 Å². The van der Waals surface area contributed by atoms with Gasteiger partial charge in [-0.3, -0.25) is 4.79 Å². The van der Waals surface area contributed by atoms with Crippen molar-refractivity contribution in [3.05, 3.63) is 47.4 Å². The third kappa shape index (κ3) is 4.16. The highest BCUT2D eigenvalue weighted by molar-refractivity contribution is 5.76. The van der Waals surface area contributed by atoms with E-state index in [0.29, 0.717) is 32.7 Å². The molecule has 1 atom stereocenters. The van der Waals surface area contributed by atoms with Crippen LogP contribution in [0.4, 0.5) is 0 Å². The number of hydrogen-bond acceptors (Lipinski definition) is 5. The van der Waals surface area contributed by atoms with E-state index in [1.165, 1.54) is 25.7 Å². The molecular formula is C24H32N6O2. The third-order valence-corrected chi connectivity index (χ3v) is 7.09. The summed E-state index contributed by atoms with van der Waals surface area (Å²) < 4.78 is 10.1. The molecule has 2 aliphatic rings. The van der Waals surface area contributed by atoms with Gasteiger partial charge in [-0.05, 0) is 32.3 Å². The van der Waals surface area contributed by atoms with Crippen LogP contribution in [0, 0.1) is 19.8 Å². The van der Waals surface area contributed by atoms with E-state index < -0.39 is 0 Å². The van der Waals surface area contributed by atoms with Gasteiger partial charge in [-0.25, -0.2) is 14.5 Å². The number of amides is 1. The average molecular weight is 437 g/mol. The van der Waals surface area contributed by atoms with Gasteiger partial charge in [0.1, 0.15) is 11.9 Å². The predicted molar refractivity (Wildman–Crippen MR) is 120 cm³/mol. The molecule has 1 saturated carbocycles. The van der Waals surface area contributed by atoms with E-state index in [4.69, 9.17) is 9.84 Å². The van der Waals surface area contributed by atoms with Crippen LogP contribution in [-0.4, -0.2) is 54.7 Å². The zero-order chi connectivity index (χ0) is 22.1. The van der Waals surface area contributed by atoms with Gasteiger partial charge < -0.3 is 14.2 Å². The molecule has 1 amide bonds. The van der Waals surface area contributed by atoms with Gasteiger partial charge in [0.05, 0.1) is 31.1 Å². The van der Waals surface area contributed by atoms with Crippen LogP contribution in [-0.2, 0) is 16.1 Å². The normalized spacial score (nSPS) is 19.8. The largest absolute Gasteiger partial charge is 0.368 e. The first kappa shape index (κ1) is 21.1. The van der Waals surface area contributed by atoms with Gasteiger partial charge in [0.25, 0.3) is 0 Å². The number of carbonyl (C=O) groups excluding carboxylic acids is 1. The molecule has 5 rings (SSSR count). The summed E-state index contributed by atoms with van der Waals surface area (Å²) in [4.78, 5) is 23.8. The molecule has 170 valence electrons. The van der Waals surface area contributed by atoms with Gasteiger partial charge in [0.15, 0.2) is 5.65 Å². The number of carbonyl (C=O) groups is 1. The van der Waals surface area contributed by atoms with Gasteiger partial charge in [0, 0.05) is 37.1 Å². The van der Waals surface area contributed by atoms with Gasteiger partial charge >= 0.3 is 0 Å². The number of ether oxygens (including phenoxy) is 1. The minimum atomic E-state index is -0.202. The van der Waals surface area contributed by atoms with Crippen LogP contribution < -0.4 is 0 Å². The predicted octanol–water partition coefficient (Wildman–Crippen LogP) is 3.46. The Morgan fingerprint density at radius 2 is 2.03 bits per heavy atom. The molecule has 0 bridgehead atoms. The summed E-state index contributed by atoms with van der Waals surface area (Å²) in [6, 6.07) is 1.96. The van der Waals surface area contributed by atoms with Crippen molar-refractivity contribution in [3.8, 4) is 0 Å². The summed E-state index contributed by atoms with van der Waals surface area (Å²) in [6.45, 7) is 6.46. The second-order valence-electron chi connectivity index (χ2n) is 9.16. The van der Waals surface area contributed by atoms with Crippen molar-refractivity contribution in [1.82, 2.24) is 29.0 Å². The third-order valence-electron chi connectivity index (χ3n) is 7.09. The molecule has 1 saturated heterocycles. The molecule has 32 heavy (non-hydrogen) atoms. The summed E-state index contributed by atoms with van der Waals surface area (Å²) >= 11 is 0. The Hall–Kier alpha value is -2.74. The number of aryl methyl sites for hydroxylation is 2. The van der Waals surface area contributed by atoms with Crippen molar-refractivity contribution in [2.24, 2.45) is 5.92 Å². The van der Waals surface area contributed by atoms with Crippen molar-refractivity contribution in [3.63, 3.8) is 0 Å². The molecule has 1 aliphatic heterocycles. The molecule has 8 heteroatoms. The highest BCUT2D eigenvalue weighted by Crippen LogP contribution is 2.30. The zero-order valence-electron chi connectivity index (χ0n) is 19.0. The van der Waals surface area contributed by atoms with Gasteiger partial charge in [0.2, 0.25) is 5.91 Å². The molecule has 3 aromatic heterocycles. The number of hydrogen-bond donors (Lipinski definition) is 0. The number of fused-ring (bicyclic) bond motifs is 1. The van der Waals surface area contributed by atoms with Crippen LogP contribution in [0.5, 0.6) is 0 Å². The van der Waals surface area contributed by atoms with E-state index in [2.05, 4.69) is 14.5 Å². The molecular weight excluding hydrogens is 404 g/mol. The minimum Gasteiger partial charge on any atom is -0.368 e. The average Bonchev–Trinajstić information content (AvgIpc) is 3.54. The maximum Gasteiger partial charge on any atom is 0.222 e. The Balaban J connectivity index is 1.34. The van der Waals surface area contributed by atoms with Crippen LogP contribution in [0.1, 0.15) is 67.4 Å². The maximum absolute atomic E-state index is 12.9. The molecule has 0 aromatic carbocycles. The Morgan fingerprint density at radius 3 is 2.81 bits per heavy atom. The molecule has 3 aromatic rings. The summed E-state index contributed by atoms with van der Waals surface area (Å²) in [5, 5.41) is 4.79. The minimum absolute atomic E-state index is 0.202. The van der Waals surface area contributed by atoms with Crippen molar-refractivity contribution >= 4 is 11.6 Å². The Labute approximate surface area is 188 Å². The van der Waals surface area contributed by atoms with Crippen molar-refractivity contribution in [2.45, 2.75) is 65.0 Å². The van der Waals surface area contributed by atoms with Crippen molar-refractivity contribution < 1.29 is 9.53 Å². The van der Waals surface area contributed by atoms with E-state index in [9.17, 15) is 4.79 Å². The Morgan fingerprint density at radius 1 is 1.19 bits per heavy atom. The van der Waals surface area contributed by atoms with Gasteiger partial charge in [-0.2, -0.15) is 5.10 Å². The quantitative estimate of drug-likeness (QED) is 0.591. The number of nitrogens with zero attached hydrogens (tertiary/aromatic N) is 6. The van der Waals surface area contributed by atoms with Crippen molar-refractivity contribution in [2.75, 3.05) is 19.7 Å². The first-order valence-electron chi connectivity index (χ1n) is 11.8. The fraction of sp³-hybridized carbons (Fsp3) is 0.583. The monoisotopic (exact) mass is 436 g/mol. The molecule has 0 unspecified atom stereocenters. The second-order valence-corrected chi connectivity index (χ2v) is 9.16. The molecule has 0 N–H and O–H groups in total. The lowest BCUT2D eigenvalue weighted by molar-refractivity contribution is -0.139. The van der Waals surface area contributed by atoms with E-state index in [1.807, 2.05) is 47.9 Å². The lowest BCUT2D eigenvalue weighted by Gasteiger charge is -2.33. The summed E-state index contributed by atoms with van der Waals surface area (Å²) in [7, 11) is 0. The van der Waals surface area contributed by atoms with Crippen LogP contribution >= 0.6 is 0 Å². The molecule has 0 radical (unpaired) electrons. The standard InChI is InChI=1S/C24H32N6O2/c1-17-20(15-28-12-11-25-18(28)2)24-26-10-9-21(30(24)27-17)22-16-29(13-14-32-22)23(31)8-7-19-5-3-4-6-19/h9-12,19,22H,3-8,13-16H2,1-2H3/t22-/m1/s1. The smallest absolute Gasteiger partial charge is 0.222 e. The van der Waals surface area contributed by atoms with E-state index in [-0.39, 0.29) is 12.0 Å². The van der Waals surface area contributed by atoms with Crippen LogP contribution in [0.2, 0.25) is 0 Å². The summed E-state index contributed by atoms with van der Waals surface area (Å²) in [6.07, 6.45) is 12.3. The lowest BCUT2D eigenvalue weighted by atomic mass is 10.0. The first-order valence-corrected chi connectivity index (χ1v) is 11.8. The Kier molecular flexibility index (Phi) is 5.95.